The molecule has 0 saturated carbocycles. The van der Waals surface area contributed by atoms with Gasteiger partial charge in [-0.1, -0.05) is 18.2 Å². The summed E-state index contributed by atoms with van der Waals surface area (Å²) in [6.45, 7) is 1.37. The van der Waals surface area contributed by atoms with Crippen molar-refractivity contribution in [2.45, 2.75) is 13.1 Å². The summed E-state index contributed by atoms with van der Waals surface area (Å²) in [6, 6.07) is 15.0. The van der Waals surface area contributed by atoms with Gasteiger partial charge < -0.3 is 14.5 Å². The average Bonchev–Trinajstić information content (AvgIpc) is 3.11. The lowest BCUT2D eigenvalue weighted by molar-refractivity contribution is 0.0600. The Morgan fingerprint density at radius 1 is 1.12 bits per heavy atom. The van der Waals surface area contributed by atoms with Gasteiger partial charge in [0.15, 0.2) is 0 Å². The number of furan rings is 1. The van der Waals surface area contributed by atoms with Crippen LogP contribution >= 0.6 is 0 Å². The number of aromatic nitrogens is 1. The molecule has 0 aliphatic carbocycles. The molecule has 0 spiro atoms. The topological polar surface area (TPSA) is 64.4 Å². The van der Waals surface area contributed by atoms with E-state index in [4.69, 9.17) is 9.15 Å². The number of rotatable bonds is 6. The summed E-state index contributed by atoms with van der Waals surface area (Å²) in [5.41, 5.74) is 2.56. The Balaban J connectivity index is 1.60. The van der Waals surface area contributed by atoms with Crippen molar-refractivity contribution in [2.24, 2.45) is 0 Å². The number of pyridine rings is 1. The van der Waals surface area contributed by atoms with Gasteiger partial charge in [-0.05, 0) is 35.9 Å². The highest BCUT2D eigenvalue weighted by Gasteiger charge is 2.08. The molecule has 0 radical (unpaired) electrons. The fraction of sp³-hybridized carbons (Fsp3) is 0.158. The van der Waals surface area contributed by atoms with Gasteiger partial charge in [-0.15, -0.1) is 0 Å². The van der Waals surface area contributed by atoms with Crippen LogP contribution in [0.25, 0.3) is 11.3 Å². The average molecular weight is 322 g/mol. The number of carbonyl (C=O) groups excluding carboxylic acids is 1. The Bertz CT molecular complexity index is 795. The molecule has 3 rings (SSSR count). The Morgan fingerprint density at radius 2 is 1.96 bits per heavy atom. The molecular formula is C19H18N2O3. The molecule has 5 nitrogen and oxygen atoms in total. The van der Waals surface area contributed by atoms with Gasteiger partial charge in [0.2, 0.25) is 0 Å². The lowest BCUT2D eigenvalue weighted by Gasteiger charge is -2.03. The van der Waals surface area contributed by atoms with Gasteiger partial charge in [-0.2, -0.15) is 0 Å². The molecule has 0 unspecified atom stereocenters. The molecule has 0 atom stereocenters. The van der Waals surface area contributed by atoms with Crippen molar-refractivity contribution in [1.82, 2.24) is 10.3 Å². The largest absolute Gasteiger partial charge is 0.465 e. The molecular weight excluding hydrogens is 304 g/mol. The zero-order valence-electron chi connectivity index (χ0n) is 13.4. The fourth-order valence-electron chi connectivity index (χ4n) is 2.35. The molecule has 2 heterocycles. The fourth-order valence-corrected chi connectivity index (χ4v) is 2.35. The van der Waals surface area contributed by atoms with Crippen molar-refractivity contribution >= 4 is 5.97 Å². The SMILES string of the molecule is COC(=O)c1ccc(-c2ccc(CNCc3cccnc3)o2)cc1. The van der Waals surface area contributed by atoms with Crippen LogP contribution in [0.3, 0.4) is 0 Å². The summed E-state index contributed by atoms with van der Waals surface area (Å²) in [5, 5.41) is 3.32. The van der Waals surface area contributed by atoms with Crippen molar-refractivity contribution in [3.05, 3.63) is 77.8 Å². The van der Waals surface area contributed by atoms with Gasteiger partial charge in [0, 0.05) is 24.5 Å². The maximum atomic E-state index is 11.4. The highest BCUT2D eigenvalue weighted by molar-refractivity contribution is 5.89. The second kappa shape index (κ2) is 7.57. The van der Waals surface area contributed by atoms with Crippen LogP contribution in [0, 0.1) is 0 Å². The number of ether oxygens (including phenoxy) is 1. The molecule has 0 amide bonds. The third-order valence-electron chi connectivity index (χ3n) is 3.60. The molecule has 3 aromatic rings. The van der Waals surface area contributed by atoms with E-state index in [1.54, 1.807) is 18.3 Å². The molecule has 24 heavy (non-hydrogen) atoms. The molecule has 0 bridgehead atoms. The van der Waals surface area contributed by atoms with Crippen molar-refractivity contribution in [1.29, 1.82) is 0 Å². The molecule has 1 aromatic carbocycles. The van der Waals surface area contributed by atoms with Crippen LogP contribution in [-0.2, 0) is 17.8 Å². The van der Waals surface area contributed by atoms with Crippen LogP contribution < -0.4 is 5.32 Å². The van der Waals surface area contributed by atoms with Crippen LogP contribution in [0.1, 0.15) is 21.7 Å². The highest BCUT2D eigenvalue weighted by Crippen LogP contribution is 2.22. The van der Waals surface area contributed by atoms with E-state index in [1.165, 1.54) is 7.11 Å². The Morgan fingerprint density at radius 3 is 2.67 bits per heavy atom. The maximum Gasteiger partial charge on any atom is 0.337 e. The summed E-state index contributed by atoms with van der Waals surface area (Å²) in [5.74, 6) is 1.27. The standard InChI is InChI=1S/C19H18N2O3/c1-23-19(22)16-6-4-15(5-7-16)18-9-8-17(24-18)13-21-12-14-3-2-10-20-11-14/h2-11,21H,12-13H2,1H3. The number of nitrogens with zero attached hydrogens (tertiary/aromatic N) is 1. The molecule has 0 fully saturated rings. The monoisotopic (exact) mass is 322 g/mol. The minimum Gasteiger partial charge on any atom is -0.465 e. The van der Waals surface area contributed by atoms with Gasteiger partial charge in [-0.3, -0.25) is 4.98 Å². The summed E-state index contributed by atoms with van der Waals surface area (Å²) >= 11 is 0. The van der Waals surface area contributed by atoms with Crippen molar-refractivity contribution in [3.8, 4) is 11.3 Å². The second-order valence-corrected chi connectivity index (χ2v) is 5.30. The number of nitrogens with one attached hydrogen (secondary N) is 1. The predicted octanol–water partition coefficient (Wildman–Crippen LogP) is 3.42. The normalized spacial score (nSPS) is 10.5. The highest BCUT2D eigenvalue weighted by atomic mass is 16.5. The third kappa shape index (κ3) is 3.88. The molecule has 0 aliphatic heterocycles. The van der Waals surface area contributed by atoms with E-state index < -0.39 is 0 Å². The van der Waals surface area contributed by atoms with E-state index in [0.29, 0.717) is 12.1 Å². The number of esters is 1. The van der Waals surface area contributed by atoms with Gasteiger partial charge in [0.1, 0.15) is 11.5 Å². The second-order valence-electron chi connectivity index (χ2n) is 5.30. The molecule has 122 valence electrons. The zero-order chi connectivity index (χ0) is 16.8. The summed E-state index contributed by atoms with van der Waals surface area (Å²) in [4.78, 5) is 15.5. The first-order valence-corrected chi connectivity index (χ1v) is 7.63. The number of methoxy groups -OCH3 is 1. The first-order valence-electron chi connectivity index (χ1n) is 7.63. The summed E-state index contributed by atoms with van der Waals surface area (Å²) < 4.78 is 10.5. The minimum atomic E-state index is -0.346. The summed E-state index contributed by atoms with van der Waals surface area (Å²) in [6.07, 6.45) is 3.59. The van der Waals surface area contributed by atoms with Crippen LogP contribution in [0.15, 0.2) is 65.3 Å². The maximum absolute atomic E-state index is 11.4. The van der Waals surface area contributed by atoms with Crippen LogP contribution in [0.2, 0.25) is 0 Å². The lowest BCUT2D eigenvalue weighted by Crippen LogP contribution is -2.12. The number of carbonyl (C=O) groups is 1. The quantitative estimate of drug-likeness (QED) is 0.705. The smallest absolute Gasteiger partial charge is 0.337 e. The van der Waals surface area contributed by atoms with Gasteiger partial charge in [0.25, 0.3) is 0 Å². The molecule has 0 aliphatic rings. The molecule has 2 aromatic heterocycles. The summed E-state index contributed by atoms with van der Waals surface area (Å²) in [7, 11) is 1.37. The molecule has 5 heteroatoms. The van der Waals surface area contributed by atoms with Gasteiger partial charge in [0.05, 0.1) is 19.2 Å². The van der Waals surface area contributed by atoms with Crippen LogP contribution in [0.5, 0.6) is 0 Å². The van der Waals surface area contributed by atoms with Crippen molar-refractivity contribution in [3.63, 3.8) is 0 Å². The first kappa shape index (κ1) is 16.0. The van der Waals surface area contributed by atoms with E-state index in [0.717, 1.165) is 29.2 Å². The third-order valence-corrected chi connectivity index (χ3v) is 3.60. The Labute approximate surface area is 140 Å². The van der Waals surface area contributed by atoms with Crippen LogP contribution in [-0.4, -0.2) is 18.1 Å². The number of hydrogen-bond donors (Lipinski definition) is 1. The minimum absolute atomic E-state index is 0.346. The number of hydrogen-bond acceptors (Lipinski definition) is 5. The van der Waals surface area contributed by atoms with E-state index in [2.05, 4.69) is 10.3 Å². The molecule has 1 N–H and O–H groups in total. The number of benzene rings is 1. The predicted molar refractivity (Wildman–Crippen MR) is 90.3 cm³/mol. The zero-order valence-corrected chi connectivity index (χ0v) is 13.4. The van der Waals surface area contributed by atoms with E-state index in [-0.39, 0.29) is 5.97 Å². The van der Waals surface area contributed by atoms with Crippen molar-refractivity contribution in [2.75, 3.05) is 7.11 Å². The van der Waals surface area contributed by atoms with E-state index in [1.807, 2.05) is 42.6 Å². The lowest BCUT2D eigenvalue weighted by atomic mass is 10.1. The van der Waals surface area contributed by atoms with Crippen molar-refractivity contribution < 1.29 is 13.9 Å². The first-order chi connectivity index (χ1) is 11.8. The van der Waals surface area contributed by atoms with Crippen LogP contribution in [0.4, 0.5) is 0 Å². The van der Waals surface area contributed by atoms with E-state index in [9.17, 15) is 4.79 Å². The molecule has 0 saturated heterocycles. The van der Waals surface area contributed by atoms with E-state index >= 15 is 0 Å². The Hall–Kier alpha value is -2.92. The Kier molecular flexibility index (Phi) is 5.03. The van der Waals surface area contributed by atoms with Gasteiger partial charge in [-0.25, -0.2) is 4.79 Å². The van der Waals surface area contributed by atoms with Gasteiger partial charge >= 0.3 is 5.97 Å².